The van der Waals surface area contributed by atoms with Crippen molar-refractivity contribution < 1.29 is 13.2 Å². The number of guanidine groups is 1. The zero-order valence-corrected chi connectivity index (χ0v) is 18.4. The summed E-state index contributed by atoms with van der Waals surface area (Å²) in [4.78, 5) is 4.22. The van der Waals surface area contributed by atoms with Crippen LogP contribution in [0.3, 0.4) is 0 Å². The molecule has 0 atom stereocenters. The number of hydrogen-bond acceptors (Lipinski definition) is 4. The van der Waals surface area contributed by atoms with Gasteiger partial charge in [-0.1, -0.05) is 41.9 Å². The van der Waals surface area contributed by atoms with Gasteiger partial charge in [0.15, 0.2) is 5.96 Å². The van der Waals surface area contributed by atoms with Crippen molar-refractivity contribution in [2.45, 2.75) is 18.7 Å². The Morgan fingerprint density at radius 3 is 2.38 bits per heavy atom. The molecule has 0 amide bonds. The highest BCUT2D eigenvalue weighted by molar-refractivity contribution is 7.88. The third-order valence-corrected chi connectivity index (χ3v) is 6.01. The molecular formula is C20H27ClN4O3S. The summed E-state index contributed by atoms with van der Waals surface area (Å²) in [6, 6.07) is 13.1. The van der Waals surface area contributed by atoms with Crippen molar-refractivity contribution in [3.05, 3.63) is 64.2 Å². The average molecular weight is 439 g/mol. The van der Waals surface area contributed by atoms with Gasteiger partial charge in [0, 0.05) is 25.2 Å². The van der Waals surface area contributed by atoms with Crippen molar-refractivity contribution >= 4 is 27.6 Å². The summed E-state index contributed by atoms with van der Waals surface area (Å²) in [6.07, 6.45) is 0.748. The molecule has 0 aliphatic carbocycles. The molecule has 0 saturated heterocycles. The van der Waals surface area contributed by atoms with Crippen LogP contribution in [0.25, 0.3) is 0 Å². The van der Waals surface area contributed by atoms with Crippen molar-refractivity contribution in [3.8, 4) is 5.75 Å². The van der Waals surface area contributed by atoms with Crippen LogP contribution in [0.2, 0.25) is 5.02 Å². The van der Waals surface area contributed by atoms with Crippen LogP contribution >= 0.6 is 11.6 Å². The van der Waals surface area contributed by atoms with E-state index < -0.39 is 10.0 Å². The fourth-order valence-electron chi connectivity index (χ4n) is 2.62. The minimum atomic E-state index is -3.27. The number of halogens is 1. The Kier molecular flexibility index (Phi) is 8.75. The Bertz CT molecular complexity index is 931. The van der Waals surface area contributed by atoms with E-state index in [0.29, 0.717) is 24.1 Å². The van der Waals surface area contributed by atoms with Gasteiger partial charge in [-0.05, 0) is 42.3 Å². The second-order valence-electron chi connectivity index (χ2n) is 6.34. The molecule has 0 heterocycles. The van der Waals surface area contributed by atoms with Gasteiger partial charge in [-0.2, -0.15) is 0 Å². The maximum atomic E-state index is 11.6. The van der Waals surface area contributed by atoms with Crippen molar-refractivity contribution in [1.29, 1.82) is 0 Å². The number of rotatable bonds is 9. The summed E-state index contributed by atoms with van der Waals surface area (Å²) in [7, 11) is 1.47. The standard InChI is InChI=1S/C20H27ClN4O3S/c1-22-20(24-11-10-17-8-9-18(28-3)12-19(17)21)25-13-15-4-6-16(7-5-15)14-29(26,27)23-2/h4-9,12,23H,10-11,13-14H2,1-3H3,(H2,22,24,25). The molecule has 2 aromatic rings. The van der Waals surface area contributed by atoms with Crippen LogP contribution in [0.15, 0.2) is 47.5 Å². The summed E-state index contributed by atoms with van der Waals surface area (Å²) in [5.41, 5.74) is 2.79. The second-order valence-corrected chi connectivity index (χ2v) is 8.67. The number of sulfonamides is 1. The van der Waals surface area contributed by atoms with Crippen molar-refractivity contribution in [3.63, 3.8) is 0 Å². The van der Waals surface area contributed by atoms with E-state index >= 15 is 0 Å². The lowest BCUT2D eigenvalue weighted by molar-refractivity contribution is 0.414. The highest BCUT2D eigenvalue weighted by atomic mass is 35.5. The number of methoxy groups -OCH3 is 1. The van der Waals surface area contributed by atoms with E-state index in [2.05, 4.69) is 20.3 Å². The molecule has 3 N–H and O–H groups in total. The fraction of sp³-hybridized carbons (Fsp3) is 0.350. The maximum absolute atomic E-state index is 11.6. The number of nitrogens with one attached hydrogen (secondary N) is 3. The first kappa shape index (κ1) is 23.0. The Balaban J connectivity index is 1.81. The second kappa shape index (κ2) is 11.0. The van der Waals surface area contributed by atoms with Crippen LogP contribution in [-0.4, -0.2) is 42.1 Å². The normalized spacial score (nSPS) is 11.9. The lowest BCUT2D eigenvalue weighted by atomic mass is 10.1. The molecular weight excluding hydrogens is 412 g/mol. The molecule has 29 heavy (non-hydrogen) atoms. The van der Waals surface area contributed by atoms with Gasteiger partial charge in [-0.25, -0.2) is 13.1 Å². The lowest BCUT2D eigenvalue weighted by Crippen LogP contribution is -2.37. The number of nitrogens with zero attached hydrogens (tertiary/aromatic N) is 1. The summed E-state index contributed by atoms with van der Waals surface area (Å²) in [5, 5.41) is 7.17. The van der Waals surface area contributed by atoms with Gasteiger partial charge in [0.25, 0.3) is 0 Å². The predicted octanol–water partition coefficient (Wildman–Crippen LogP) is 2.31. The van der Waals surface area contributed by atoms with Crippen LogP contribution in [0.1, 0.15) is 16.7 Å². The van der Waals surface area contributed by atoms with Gasteiger partial charge in [0.05, 0.1) is 12.9 Å². The molecule has 2 rings (SSSR count). The zero-order chi connectivity index (χ0) is 21.3. The molecule has 0 bridgehead atoms. The van der Waals surface area contributed by atoms with E-state index in [0.717, 1.165) is 28.9 Å². The number of hydrogen-bond donors (Lipinski definition) is 3. The SMILES string of the molecule is CN=C(NCCc1ccc(OC)cc1Cl)NCc1ccc(CS(=O)(=O)NC)cc1. The van der Waals surface area contributed by atoms with Gasteiger partial charge in [0.2, 0.25) is 10.0 Å². The Morgan fingerprint density at radius 1 is 1.10 bits per heavy atom. The lowest BCUT2D eigenvalue weighted by Gasteiger charge is -2.13. The Labute approximate surface area is 177 Å². The summed E-state index contributed by atoms with van der Waals surface area (Å²) < 4.78 is 30.7. The molecule has 0 unspecified atom stereocenters. The first-order valence-corrected chi connectivity index (χ1v) is 11.2. The Hall–Kier alpha value is -2.29. The molecule has 7 nitrogen and oxygen atoms in total. The molecule has 0 aliphatic heterocycles. The minimum absolute atomic E-state index is 0.0334. The topological polar surface area (TPSA) is 91.8 Å². The number of ether oxygens (including phenoxy) is 1. The molecule has 0 radical (unpaired) electrons. The molecule has 0 saturated carbocycles. The maximum Gasteiger partial charge on any atom is 0.215 e. The summed E-state index contributed by atoms with van der Waals surface area (Å²) in [6.45, 7) is 1.24. The molecule has 0 spiro atoms. The first-order valence-electron chi connectivity index (χ1n) is 9.13. The van der Waals surface area contributed by atoms with Crippen LogP contribution in [0, 0.1) is 0 Å². The van der Waals surface area contributed by atoms with Crippen LogP contribution < -0.4 is 20.1 Å². The number of benzene rings is 2. The third-order valence-electron chi connectivity index (χ3n) is 4.32. The van der Waals surface area contributed by atoms with Gasteiger partial charge in [0.1, 0.15) is 5.75 Å². The predicted molar refractivity (Wildman–Crippen MR) is 118 cm³/mol. The van der Waals surface area contributed by atoms with E-state index in [1.807, 2.05) is 36.4 Å². The fourth-order valence-corrected chi connectivity index (χ4v) is 3.67. The number of aliphatic imine (C=N–C) groups is 1. The molecule has 0 aliphatic rings. The van der Waals surface area contributed by atoms with E-state index in [1.54, 1.807) is 20.2 Å². The summed E-state index contributed by atoms with van der Waals surface area (Å²) in [5.74, 6) is 1.38. The van der Waals surface area contributed by atoms with E-state index in [9.17, 15) is 8.42 Å². The van der Waals surface area contributed by atoms with Gasteiger partial charge in [-0.15, -0.1) is 0 Å². The highest BCUT2D eigenvalue weighted by Gasteiger charge is 2.08. The van der Waals surface area contributed by atoms with Gasteiger partial charge < -0.3 is 15.4 Å². The van der Waals surface area contributed by atoms with Gasteiger partial charge >= 0.3 is 0 Å². The highest BCUT2D eigenvalue weighted by Crippen LogP contribution is 2.22. The molecule has 158 valence electrons. The monoisotopic (exact) mass is 438 g/mol. The largest absolute Gasteiger partial charge is 0.497 e. The average Bonchev–Trinajstić information content (AvgIpc) is 2.72. The minimum Gasteiger partial charge on any atom is -0.497 e. The molecule has 9 heteroatoms. The molecule has 0 fully saturated rings. The third kappa shape index (κ3) is 7.56. The van der Waals surface area contributed by atoms with Crippen molar-refractivity contribution in [2.24, 2.45) is 4.99 Å². The quantitative estimate of drug-likeness (QED) is 0.412. The Morgan fingerprint density at radius 2 is 1.79 bits per heavy atom. The molecule has 0 aromatic heterocycles. The summed E-state index contributed by atoms with van der Waals surface area (Å²) >= 11 is 6.27. The van der Waals surface area contributed by atoms with Crippen LogP contribution in [-0.2, 0) is 28.7 Å². The zero-order valence-electron chi connectivity index (χ0n) is 16.8. The van der Waals surface area contributed by atoms with E-state index in [4.69, 9.17) is 16.3 Å². The van der Waals surface area contributed by atoms with E-state index in [-0.39, 0.29) is 5.75 Å². The van der Waals surface area contributed by atoms with Crippen molar-refractivity contribution in [1.82, 2.24) is 15.4 Å². The van der Waals surface area contributed by atoms with Gasteiger partial charge in [-0.3, -0.25) is 4.99 Å². The first-order chi connectivity index (χ1) is 13.9. The molecule has 2 aromatic carbocycles. The van der Waals surface area contributed by atoms with Crippen LogP contribution in [0.5, 0.6) is 5.75 Å². The van der Waals surface area contributed by atoms with Crippen LogP contribution in [0.4, 0.5) is 0 Å². The smallest absolute Gasteiger partial charge is 0.215 e. The van der Waals surface area contributed by atoms with Crippen molar-refractivity contribution in [2.75, 3.05) is 27.7 Å². The van der Waals surface area contributed by atoms with E-state index in [1.165, 1.54) is 7.05 Å².